The second kappa shape index (κ2) is 8.17. The predicted octanol–water partition coefficient (Wildman–Crippen LogP) is 3.70. The van der Waals surface area contributed by atoms with Gasteiger partial charge in [-0.15, -0.1) is 0 Å². The van der Waals surface area contributed by atoms with Crippen molar-refractivity contribution in [1.29, 1.82) is 0 Å². The first-order chi connectivity index (χ1) is 13.7. The number of hydrogen-bond donors (Lipinski definition) is 1. The predicted molar refractivity (Wildman–Crippen MR) is 110 cm³/mol. The molecular weight excluding hydrogens is 350 g/mol. The van der Waals surface area contributed by atoms with Gasteiger partial charge < -0.3 is 10.2 Å². The maximum atomic E-state index is 12.6. The Kier molecular flexibility index (Phi) is 5.28. The first-order valence-corrected chi connectivity index (χ1v) is 9.55. The van der Waals surface area contributed by atoms with Crippen LogP contribution in [0.5, 0.6) is 0 Å². The number of benzene rings is 1. The van der Waals surface area contributed by atoms with Crippen LogP contribution in [0.25, 0.3) is 11.3 Å². The van der Waals surface area contributed by atoms with Crippen LogP contribution in [-0.2, 0) is 4.79 Å². The summed E-state index contributed by atoms with van der Waals surface area (Å²) in [6.45, 7) is 3.54. The van der Waals surface area contributed by atoms with Gasteiger partial charge >= 0.3 is 0 Å². The minimum atomic E-state index is -0.00640. The van der Waals surface area contributed by atoms with Gasteiger partial charge in [0.15, 0.2) is 0 Å². The van der Waals surface area contributed by atoms with Gasteiger partial charge in [-0.1, -0.05) is 36.4 Å². The van der Waals surface area contributed by atoms with Crippen molar-refractivity contribution >= 4 is 17.5 Å². The van der Waals surface area contributed by atoms with Crippen LogP contribution in [0.3, 0.4) is 0 Å². The number of nitrogens with zero attached hydrogens (tertiary/aromatic N) is 4. The van der Waals surface area contributed by atoms with Crippen molar-refractivity contribution in [3.05, 3.63) is 66.6 Å². The zero-order valence-corrected chi connectivity index (χ0v) is 15.9. The standard InChI is InChI=1S/C22H23N5O/c1-16-6-5-11-23-21(16)26-22(28)18-9-12-27(13-10-18)20-14-19(24-15-25-20)17-7-3-2-4-8-17/h2-8,11,14-15,18H,9-10,12-13H2,1H3,(H,23,26,28). The highest BCUT2D eigenvalue weighted by atomic mass is 16.1. The lowest BCUT2D eigenvalue weighted by Crippen LogP contribution is -2.38. The van der Waals surface area contributed by atoms with Crippen LogP contribution in [0.4, 0.5) is 11.6 Å². The molecule has 1 aliphatic rings. The zero-order valence-electron chi connectivity index (χ0n) is 15.9. The Morgan fingerprint density at radius 3 is 2.57 bits per heavy atom. The minimum absolute atomic E-state index is 0.00640. The first-order valence-electron chi connectivity index (χ1n) is 9.55. The molecule has 0 radical (unpaired) electrons. The zero-order chi connectivity index (χ0) is 19.3. The molecule has 6 heteroatoms. The monoisotopic (exact) mass is 373 g/mol. The lowest BCUT2D eigenvalue weighted by molar-refractivity contribution is -0.120. The van der Waals surface area contributed by atoms with Crippen molar-refractivity contribution in [2.75, 3.05) is 23.3 Å². The van der Waals surface area contributed by atoms with E-state index in [-0.39, 0.29) is 11.8 Å². The van der Waals surface area contributed by atoms with Gasteiger partial charge in [-0.2, -0.15) is 0 Å². The van der Waals surface area contributed by atoms with Crippen LogP contribution in [-0.4, -0.2) is 33.9 Å². The smallest absolute Gasteiger partial charge is 0.228 e. The van der Waals surface area contributed by atoms with Crippen LogP contribution in [0.1, 0.15) is 18.4 Å². The highest BCUT2D eigenvalue weighted by molar-refractivity contribution is 5.92. The van der Waals surface area contributed by atoms with Gasteiger partial charge in [0, 0.05) is 36.8 Å². The van der Waals surface area contributed by atoms with Gasteiger partial charge in [-0.3, -0.25) is 4.79 Å². The molecule has 1 fully saturated rings. The second-order valence-electron chi connectivity index (χ2n) is 7.05. The molecule has 142 valence electrons. The number of piperidine rings is 1. The third-order valence-electron chi connectivity index (χ3n) is 5.16. The highest BCUT2D eigenvalue weighted by Gasteiger charge is 2.26. The Hall–Kier alpha value is -3.28. The van der Waals surface area contributed by atoms with E-state index in [1.54, 1.807) is 12.5 Å². The number of rotatable bonds is 4. The van der Waals surface area contributed by atoms with E-state index in [0.29, 0.717) is 5.82 Å². The van der Waals surface area contributed by atoms with Gasteiger partial charge in [-0.25, -0.2) is 15.0 Å². The van der Waals surface area contributed by atoms with Gasteiger partial charge in [0.2, 0.25) is 5.91 Å². The topological polar surface area (TPSA) is 71.0 Å². The molecule has 0 atom stereocenters. The molecule has 6 nitrogen and oxygen atoms in total. The van der Waals surface area contributed by atoms with Gasteiger partial charge in [-0.05, 0) is 31.4 Å². The molecule has 1 aromatic carbocycles. The average Bonchev–Trinajstić information content (AvgIpc) is 2.76. The summed E-state index contributed by atoms with van der Waals surface area (Å²) in [5, 5.41) is 2.97. The number of aromatic nitrogens is 3. The number of carbonyl (C=O) groups excluding carboxylic acids is 1. The Balaban J connectivity index is 1.39. The number of hydrogen-bond acceptors (Lipinski definition) is 5. The molecule has 0 unspecified atom stereocenters. The molecule has 0 aliphatic carbocycles. The van der Waals surface area contributed by atoms with Crippen molar-refractivity contribution in [2.24, 2.45) is 5.92 Å². The molecule has 0 saturated carbocycles. The normalized spacial score (nSPS) is 14.7. The number of pyridine rings is 1. The number of anilines is 2. The summed E-state index contributed by atoms with van der Waals surface area (Å²) < 4.78 is 0. The molecule has 4 rings (SSSR count). The van der Waals surface area contributed by atoms with E-state index in [4.69, 9.17) is 0 Å². The lowest BCUT2D eigenvalue weighted by Gasteiger charge is -2.32. The summed E-state index contributed by atoms with van der Waals surface area (Å²) in [6, 6.07) is 15.9. The van der Waals surface area contributed by atoms with Gasteiger partial charge in [0.1, 0.15) is 18.0 Å². The van der Waals surface area contributed by atoms with E-state index < -0.39 is 0 Å². The number of carbonyl (C=O) groups is 1. The summed E-state index contributed by atoms with van der Waals surface area (Å²) in [7, 11) is 0. The molecular formula is C22H23N5O. The summed E-state index contributed by atoms with van der Waals surface area (Å²) in [4.78, 5) is 27.9. The molecule has 0 bridgehead atoms. The molecule has 0 spiro atoms. The van der Waals surface area contributed by atoms with Crippen molar-refractivity contribution in [3.63, 3.8) is 0 Å². The summed E-state index contributed by atoms with van der Waals surface area (Å²) in [6.07, 6.45) is 4.90. The van der Waals surface area contributed by atoms with Gasteiger partial charge in [0.25, 0.3) is 0 Å². The van der Waals surface area contributed by atoms with Crippen LogP contribution in [0.2, 0.25) is 0 Å². The Bertz CT molecular complexity index is 952. The van der Waals surface area contributed by atoms with Crippen molar-refractivity contribution in [1.82, 2.24) is 15.0 Å². The van der Waals surface area contributed by atoms with E-state index in [2.05, 4.69) is 25.2 Å². The Morgan fingerprint density at radius 2 is 1.82 bits per heavy atom. The second-order valence-corrected chi connectivity index (χ2v) is 7.05. The maximum absolute atomic E-state index is 12.6. The van der Waals surface area contributed by atoms with E-state index in [9.17, 15) is 4.79 Å². The number of aryl methyl sites for hydroxylation is 1. The fourth-order valence-corrected chi connectivity index (χ4v) is 3.49. The quantitative estimate of drug-likeness (QED) is 0.755. The largest absolute Gasteiger partial charge is 0.356 e. The lowest BCUT2D eigenvalue weighted by atomic mass is 9.95. The van der Waals surface area contributed by atoms with Crippen LogP contribution < -0.4 is 10.2 Å². The number of nitrogens with one attached hydrogen (secondary N) is 1. The fourth-order valence-electron chi connectivity index (χ4n) is 3.49. The first kappa shape index (κ1) is 18.1. The average molecular weight is 373 g/mol. The van der Waals surface area contributed by atoms with Crippen LogP contribution >= 0.6 is 0 Å². The van der Waals surface area contributed by atoms with E-state index >= 15 is 0 Å². The fraction of sp³-hybridized carbons (Fsp3) is 0.273. The van der Waals surface area contributed by atoms with E-state index in [1.165, 1.54) is 0 Å². The summed E-state index contributed by atoms with van der Waals surface area (Å²) in [5.74, 6) is 1.61. The third-order valence-corrected chi connectivity index (χ3v) is 5.16. The Labute approximate surface area is 164 Å². The van der Waals surface area contributed by atoms with Crippen molar-refractivity contribution < 1.29 is 4.79 Å². The molecule has 3 heterocycles. The minimum Gasteiger partial charge on any atom is -0.356 e. The molecule has 1 saturated heterocycles. The number of amides is 1. The maximum Gasteiger partial charge on any atom is 0.228 e. The molecule has 2 aromatic heterocycles. The van der Waals surface area contributed by atoms with Crippen molar-refractivity contribution in [2.45, 2.75) is 19.8 Å². The third kappa shape index (κ3) is 4.01. The van der Waals surface area contributed by atoms with Gasteiger partial charge in [0.05, 0.1) is 5.69 Å². The van der Waals surface area contributed by atoms with Crippen LogP contribution in [0, 0.1) is 12.8 Å². The highest BCUT2D eigenvalue weighted by Crippen LogP contribution is 2.25. The Morgan fingerprint density at radius 1 is 1.04 bits per heavy atom. The molecule has 1 N–H and O–H groups in total. The van der Waals surface area contributed by atoms with Crippen molar-refractivity contribution in [3.8, 4) is 11.3 Å². The molecule has 1 aliphatic heterocycles. The van der Waals surface area contributed by atoms with Crippen LogP contribution in [0.15, 0.2) is 61.1 Å². The molecule has 28 heavy (non-hydrogen) atoms. The summed E-state index contributed by atoms with van der Waals surface area (Å²) in [5.41, 5.74) is 2.96. The van der Waals surface area contributed by atoms with E-state index in [0.717, 1.165) is 48.6 Å². The SMILES string of the molecule is Cc1cccnc1NC(=O)C1CCN(c2cc(-c3ccccc3)ncn2)CC1. The molecule has 1 amide bonds. The summed E-state index contributed by atoms with van der Waals surface area (Å²) >= 11 is 0. The molecule has 3 aromatic rings. The van der Waals surface area contributed by atoms with E-state index in [1.807, 2.05) is 55.5 Å².